The van der Waals surface area contributed by atoms with Gasteiger partial charge in [-0.1, -0.05) is 24.3 Å². The topological polar surface area (TPSA) is 71.1 Å². The van der Waals surface area contributed by atoms with Crippen molar-refractivity contribution in [2.75, 3.05) is 20.1 Å². The summed E-state index contributed by atoms with van der Waals surface area (Å²) >= 11 is 0. The number of fused-ring (bicyclic) bond motifs is 1. The van der Waals surface area contributed by atoms with Crippen LogP contribution < -0.4 is 10.0 Å². The van der Waals surface area contributed by atoms with Crippen molar-refractivity contribution in [2.24, 2.45) is 0 Å². The van der Waals surface area contributed by atoms with E-state index in [-0.39, 0.29) is 5.03 Å². The monoisotopic (exact) mass is 265 g/mol. The fourth-order valence-electron chi connectivity index (χ4n) is 1.68. The van der Waals surface area contributed by atoms with Gasteiger partial charge in [-0.25, -0.2) is 18.1 Å². The summed E-state index contributed by atoms with van der Waals surface area (Å²) in [6.07, 6.45) is 1.51. The van der Waals surface area contributed by atoms with E-state index in [1.807, 2.05) is 12.1 Å². The van der Waals surface area contributed by atoms with Crippen molar-refractivity contribution >= 4 is 20.8 Å². The van der Waals surface area contributed by atoms with Gasteiger partial charge in [0, 0.05) is 24.7 Å². The third kappa shape index (κ3) is 2.66. The SMILES string of the molecule is CNCCNS(=O)(=O)c1nccc2ccccc12. The third-order valence-electron chi connectivity index (χ3n) is 2.56. The predicted octanol–water partition coefficient (Wildman–Crippen LogP) is 0.732. The van der Waals surface area contributed by atoms with Gasteiger partial charge >= 0.3 is 0 Å². The average molecular weight is 265 g/mol. The van der Waals surface area contributed by atoms with E-state index in [4.69, 9.17) is 0 Å². The zero-order valence-electron chi connectivity index (χ0n) is 10.1. The maximum Gasteiger partial charge on any atom is 0.258 e. The summed E-state index contributed by atoms with van der Waals surface area (Å²) in [5, 5.41) is 4.46. The van der Waals surface area contributed by atoms with Gasteiger partial charge in [-0.2, -0.15) is 0 Å². The van der Waals surface area contributed by atoms with E-state index in [0.29, 0.717) is 18.5 Å². The van der Waals surface area contributed by atoms with Crippen molar-refractivity contribution in [1.82, 2.24) is 15.0 Å². The summed E-state index contributed by atoms with van der Waals surface area (Å²) in [4.78, 5) is 3.99. The second-order valence-corrected chi connectivity index (χ2v) is 5.52. The van der Waals surface area contributed by atoms with Gasteiger partial charge in [0.2, 0.25) is 0 Å². The maximum absolute atomic E-state index is 12.1. The number of pyridine rings is 1. The molecule has 5 nitrogen and oxygen atoms in total. The Labute approximate surface area is 106 Å². The Hall–Kier alpha value is -1.50. The molecule has 0 saturated heterocycles. The standard InChI is InChI=1S/C12H15N3O2S/c1-13-8-9-15-18(16,17)12-11-5-3-2-4-10(11)6-7-14-12/h2-7,13,15H,8-9H2,1H3. The van der Waals surface area contributed by atoms with Crippen LogP contribution in [0.15, 0.2) is 41.6 Å². The molecule has 0 unspecified atom stereocenters. The van der Waals surface area contributed by atoms with E-state index in [1.54, 1.807) is 25.2 Å². The van der Waals surface area contributed by atoms with Gasteiger partial charge in [0.15, 0.2) is 5.03 Å². The van der Waals surface area contributed by atoms with E-state index < -0.39 is 10.0 Å². The lowest BCUT2D eigenvalue weighted by Crippen LogP contribution is -2.31. The van der Waals surface area contributed by atoms with Crippen LogP contribution in [0.25, 0.3) is 10.8 Å². The molecule has 0 aliphatic carbocycles. The van der Waals surface area contributed by atoms with Crippen molar-refractivity contribution in [3.05, 3.63) is 36.5 Å². The molecule has 18 heavy (non-hydrogen) atoms. The van der Waals surface area contributed by atoms with Crippen LogP contribution in [0.1, 0.15) is 0 Å². The Morgan fingerprint density at radius 1 is 1.17 bits per heavy atom. The Bertz CT molecular complexity index is 635. The molecule has 2 aromatic rings. The lowest BCUT2D eigenvalue weighted by atomic mass is 10.2. The van der Waals surface area contributed by atoms with Crippen LogP contribution in [0.5, 0.6) is 0 Å². The van der Waals surface area contributed by atoms with Gasteiger partial charge in [-0.3, -0.25) is 0 Å². The van der Waals surface area contributed by atoms with Crippen LogP contribution in [0.2, 0.25) is 0 Å². The summed E-state index contributed by atoms with van der Waals surface area (Å²) < 4.78 is 26.8. The van der Waals surface area contributed by atoms with Crippen molar-refractivity contribution in [3.63, 3.8) is 0 Å². The van der Waals surface area contributed by atoms with Crippen molar-refractivity contribution in [3.8, 4) is 0 Å². The number of rotatable bonds is 5. The molecular formula is C12H15N3O2S. The molecule has 0 bridgehead atoms. The van der Waals surface area contributed by atoms with Crippen LogP contribution in [-0.4, -0.2) is 33.5 Å². The molecule has 2 rings (SSSR count). The second kappa shape index (κ2) is 5.43. The highest BCUT2D eigenvalue weighted by Gasteiger charge is 2.17. The number of hydrogen-bond acceptors (Lipinski definition) is 4. The van der Waals surface area contributed by atoms with Gasteiger partial charge in [0.1, 0.15) is 0 Å². The lowest BCUT2D eigenvalue weighted by molar-refractivity contribution is 0.577. The number of likely N-dealkylation sites (N-methyl/N-ethyl adjacent to an activating group) is 1. The van der Waals surface area contributed by atoms with Gasteiger partial charge in [0.05, 0.1) is 0 Å². The molecule has 1 aromatic heterocycles. The summed E-state index contributed by atoms with van der Waals surface area (Å²) in [7, 11) is -1.79. The van der Waals surface area contributed by atoms with Crippen LogP contribution in [-0.2, 0) is 10.0 Å². The molecule has 0 atom stereocenters. The first-order valence-electron chi connectivity index (χ1n) is 5.63. The highest BCUT2D eigenvalue weighted by molar-refractivity contribution is 7.89. The van der Waals surface area contributed by atoms with Crippen LogP contribution in [0.3, 0.4) is 0 Å². The molecule has 96 valence electrons. The van der Waals surface area contributed by atoms with Gasteiger partial charge in [-0.15, -0.1) is 0 Å². The number of aromatic nitrogens is 1. The average Bonchev–Trinajstić information content (AvgIpc) is 2.38. The molecule has 0 saturated carbocycles. The van der Waals surface area contributed by atoms with Crippen molar-refractivity contribution < 1.29 is 8.42 Å². The molecule has 2 N–H and O–H groups in total. The summed E-state index contributed by atoms with van der Waals surface area (Å²) in [6.45, 7) is 0.910. The van der Waals surface area contributed by atoms with Gasteiger partial charge in [0.25, 0.3) is 10.0 Å². The summed E-state index contributed by atoms with van der Waals surface area (Å²) in [5.74, 6) is 0. The minimum absolute atomic E-state index is 0.0803. The molecule has 1 aromatic carbocycles. The van der Waals surface area contributed by atoms with E-state index in [2.05, 4.69) is 15.0 Å². The van der Waals surface area contributed by atoms with Gasteiger partial charge in [-0.05, 0) is 18.5 Å². The minimum atomic E-state index is -3.56. The van der Waals surface area contributed by atoms with Crippen molar-refractivity contribution in [1.29, 1.82) is 0 Å². The predicted molar refractivity (Wildman–Crippen MR) is 70.9 cm³/mol. The quantitative estimate of drug-likeness (QED) is 0.782. The summed E-state index contributed by atoms with van der Waals surface area (Å²) in [6, 6.07) is 9.09. The van der Waals surface area contributed by atoms with E-state index in [1.165, 1.54) is 6.20 Å². The number of sulfonamides is 1. The van der Waals surface area contributed by atoms with Crippen LogP contribution in [0, 0.1) is 0 Å². The fourth-order valence-corrected chi connectivity index (χ4v) is 2.87. The van der Waals surface area contributed by atoms with E-state index >= 15 is 0 Å². The Balaban J connectivity index is 2.41. The molecular weight excluding hydrogens is 250 g/mol. The zero-order chi connectivity index (χ0) is 13.0. The number of nitrogens with one attached hydrogen (secondary N) is 2. The molecule has 0 fully saturated rings. The van der Waals surface area contributed by atoms with E-state index in [9.17, 15) is 8.42 Å². The molecule has 0 spiro atoms. The Morgan fingerprint density at radius 3 is 2.72 bits per heavy atom. The fraction of sp³-hybridized carbons (Fsp3) is 0.250. The molecule has 0 amide bonds. The first-order valence-corrected chi connectivity index (χ1v) is 7.11. The lowest BCUT2D eigenvalue weighted by Gasteiger charge is -2.08. The molecule has 6 heteroatoms. The maximum atomic E-state index is 12.1. The number of hydrogen-bond donors (Lipinski definition) is 2. The third-order valence-corrected chi connectivity index (χ3v) is 3.98. The zero-order valence-corrected chi connectivity index (χ0v) is 10.9. The normalized spacial score (nSPS) is 11.8. The Morgan fingerprint density at radius 2 is 1.94 bits per heavy atom. The number of benzene rings is 1. The highest BCUT2D eigenvalue weighted by atomic mass is 32.2. The first kappa shape index (κ1) is 12.9. The molecule has 1 heterocycles. The van der Waals surface area contributed by atoms with Crippen LogP contribution in [0.4, 0.5) is 0 Å². The molecule has 0 aliphatic rings. The smallest absolute Gasteiger partial charge is 0.258 e. The molecule has 0 radical (unpaired) electrons. The summed E-state index contributed by atoms with van der Waals surface area (Å²) in [5.41, 5.74) is 0. The van der Waals surface area contributed by atoms with Crippen molar-refractivity contribution in [2.45, 2.75) is 5.03 Å². The van der Waals surface area contributed by atoms with E-state index in [0.717, 1.165) is 5.39 Å². The highest BCUT2D eigenvalue weighted by Crippen LogP contribution is 2.19. The number of nitrogens with zero attached hydrogens (tertiary/aromatic N) is 1. The van der Waals surface area contributed by atoms with Gasteiger partial charge < -0.3 is 5.32 Å². The second-order valence-electron chi connectivity index (χ2n) is 3.84. The Kier molecular flexibility index (Phi) is 3.90. The minimum Gasteiger partial charge on any atom is -0.318 e. The largest absolute Gasteiger partial charge is 0.318 e. The first-order chi connectivity index (χ1) is 8.65. The van der Waals surface area contributed by atoms with Crippen LogP contribution >= 0.6 is 0 Å². The molecule has 0 aliphatic heterocycles.